The van der Waals surface area contributed by atoms with Crippen LogP contribution >= 0.6 is 0 Å². The monoisotopic (exact) mass is 260 g/mol. The lowest BCUT2D eigenvalue weighted by Crippen LogP contribution is -2.46. The molecule has 0 aliphatic heterocycles. The average molecular weight is 260 g/mol. The summed E-state index contributed by atoms with van der Waals surface area (Å²) in [6, 6.07) is -1.19. The van der Waals surface area contributed by atoms with Gasteiger partial charge in [-0.3, -0.25) is 9.59 Å². The number of nitrogens with two attached hydrogens (primary N) is 1. The quantitative estimate of drug-likeness (QED) is 0.472. The smallest absolute Gasteiger partial charge is 0.326 e. The molecule has 0 bridgehead atoms. The van der Waals surface area contributed by atoms with Gasteiger partial charge in [0.05, 0.1) is 5.92 Å². The van der Waals surface area contributed by atoms with Crippen LogP contribution in [0.25, 0.3) is 0 Å². The van der Waals surface area contributed by atoms with Crippen LogP contribution in [0.3, 0.4) is 0 Å². The Morgan fingerprint density at radius 1 is 1.22 bits per heavy atom. The highest BCUT2D eigenvalue weighted by Crippen LogP contribution is 2.10. The van der Waals surface area contributed by atoms with E-state index in [9.17, 15) is 14.4 Å². The summed E-state index contributed by atoms with van der Waals surface area (Å²) >= 11 is 0. The number of rotatable bonds is 8. The molecule has 0 aromatic heterocycles. The van der Waals surface area contributed by atoms with Gasteiger partial charge in [0, 0.05) is 13.0 Å². The van der Waals surface area contributed by atoms with E-state index in [2.05, 4.69) is 5.32 Å². The van der Waals surface area contributed by atoms with E-state index in [0.29, 0.717) is 0 Å². The summed E-state index contributed by atoms with van der Waals surface area (Å²) in [7, 11) is 0. The maximum atomic E-state index is 11.8. The molecular formula is C11H20N2O5. The summed E-state index contributed by atoms with van der Waals surface area (Å²) in [4.78, 5) is 33.0. The Kier molecular flexibility index (Phi) is 6.96. The maximum absolute atomic E-state index is 11.8. The van der Waals surface area contributed by atoms with Crippen molar-refractivity contribution in [1.29, 1.82) is 0 Å². The highest BCUT2D eigenvalue weighted by molar-refractivity contribution is 5.85. The summed E-state index contributed by atoms with van der Waals surface area (Å²) in [5.41, 5.74) is 5.45. The molecule has 1 unspecified atom stereocenters. The van der Waals surface area contributed by atoms with Crippen molar-refractivity contribution in [2.75, 3.05) is 6.54 Å². The molecule has 0 rings (SSSR count). The molecule has 7 heteroatoms. The minimum Gasteiger partial charge on any atom is -0.481 e. The van der Waals surface area contributed by atoms with E-state index in [4.69, 9.17) is 15.9 Å². The zero-order valence-electron chi connectivity index (χ0n) is 10.5. The second-order valence-corrected chi connectivity index (χ2v) is 4.42. The fourth-order valence-electron chi connectivity index (χ4n) is 1.49. The number of nitrogens with one attached hydrogen (secondary N) is 1. The molecule has 0 fully saturated rings. The van der Waals surface area contributed by atoms with E-state index in [-0.39, 0.29) is 25.3 Å². The molecule has 104 valence electrons. The van der Waals surface area contributed by atoms with Crippen molar-refractivity contribution in [2.45, 2.75) is 32.7 Å². The van der Waals surface area contributed by atoms with E-state index in [1.807, 2.05) is 13.8 Å². The molecule has 0 spiro atoms. The van der Waals surface area contributed by atoms with Crippen LogP contribution in [0.5, 0.6) is 0 Å². The van der Waals surface area contributed by atoms with E-state index in [1.54, 1.807) is 0 Å². The standard InChI is InChI=1S/C11H20N2O5/c1-6(2)7(5-12)10(16)13-8(11(17)18)3-4-9(14)15/h6-8H,3-5,12H2,1-2H3,(H,13,16)(H,14,15)(H,17,18)/t7?,8-/m0/s1. The van der Waals surface area contributed by atoms with Crippen molar-refractivity contribution in [2.24, 2.45) is 17.6 Å². The lowest BCUT2D eigenvalue weighted by Gasteiger charge is -2.21. The number of carboxylic acid groups (broad SMARTS) is 2. The van der Waals surface area contributed by atoms with E-state index < -0.39 is 29.8 Å². The highest BCUT2D eigenvalue weighted by Gasteiger charge is 2.26. The first-order chi connectivity index (χ1) is 8.29. The molecule has 0 aliphatic carbocycles. The normalized spacial score (nSPS) is 14.0. The zero-order valence-corrected chi connectivity index (χ0v) is 10.5. The van der Waals surface area contributed by atoms with Crippen LogP contribution in [0.1, 0.15) is 26.7 Å². The van der Waals surface area contributed by atoms with Crippen molar-refractivity contribution >= 4 is 17.8 Å². The van der Waals surface area contributed by atoms with Gasteiger partial charge in [0.15, 0.2) is 0 Å². The molecule has 0 heterocycles. The number of amides is 1. The average Bonchev–Trinajstić information content (AvgIpc) is 2.23. The first-order valence-corrected chi connectivity index (χ1v) is 5.74. The first-order valence-electron chi connectivity index (χ1n) is 5.74. The lowest BCUT2D eigenvalue weighted by molar-refractivity contribution is -0.143. The summed E-state index contributed by atoms with van der Waals surface area (Å²) in [5, 5.41) is 19.7. The highest BCUT2D eigenvalue weighted by atomic mass is 16.4. The fourth-order valence-corrected chi connectivity index (χ4v) is 1.49. The third kappa shape index (κ3) is 5.62. The minimum absolute atomic E-state index is 0.0103. The Morgan fingerprint density at radius 2 is 1.78 bits per heavy atom. The number of hydrogen-bond donors (Lipinski definition) is 4. The number of carbonyl (C=O) groups excluding carboxylic acids is 1. The van der Waals surface area contributed by atoms with Crippen LogP contribution in [0.15, 0.2) is 0 Å². The maximum Gasteiger partial charge on any atom is 0.326 e. The van der Waals surface area contributed by atoms with Crippen LogP contribution in [0.4, 0.5) is 0 Å². The summed E-state index contributed by atoms with van der Waals surface area (Å²) in [6.07, 6.45) is -0.460. The molecule has 0 radical (unpaired) electrons. The topological polar surface area (TPSA) is 130 Å². The lowest BCUT2D eigenvalue weighted by atomic mass is 9.94. The second kappa shape index (κ2) is 7.65. The van der Waals surface area contributed by atoms with Crippen molar-refractivity contribution in [3.63, 3.8) is 0 Å². The predicted octanol–water partition coefficient (Wildman–Crippen LogP) is -0.348. The summed E-state index contributed by atoms with van der Waals surface area (Å²) in [5.74, 6) is -3.29. The molecule has 18 heavy (non-hydrogen) atoms. The molecule has 0 aliphatic rings. The van der Waals surface area contributed by atoms with Crippen LogP contribution in [-0.4, -0.2) is 40.6 Å². The molecule has 0 aromatic rings. The molecule has 0 saturated heterocycles. The Hall–Kier alpha value is -1.63. The molecule has 7 nitrogen and oxygen atoms in total. The van der Waals surface area contributed by atoms with Gasteiger partial charge in [-0.05, 0) is 12.3 Å². The van der Waals surface area contributed by atoms with Crippen molar-refractivity contribution in [3.8, 4) is 0 Å². The second-order valence-electron chi connectivity index (χ2n) is 4.42. The number of carbonyl (C=O) groups is 3. The van der Waals surface area contributed by atoms with Crippen molar-refractivity contribution in [1.82, 2.24) is 5.32 Å². The number of aliphatic carboxylic acids is 2. The Morgan fingerprint density at radius 3 is 2.11 bits per heavy atom. The van der Waals surface area contributed by atoms with Crippen LogP contribution < -0.4 is 11.1 Å². The van der Waals surface area contributed by atoms with Gasteiger partial charge in [-0.2, -0.15) is 0 Å². The Labute approximate surface area is 105 Å². The predicted molar refractivity (Wildman–Crippen MR) is 63.8 cm³/mol. The number of carboxylic acids is 2. The minimum atomic E-state index is -1.25. The van der Waals surface area contributed by atoms with Gasteiger partial charge in [0.25, 0.3) is 0 Å². The SMILES string of the molecule is CC(C)C(CN)C(=O)N[C@@H](CCC(=O)O)C(=O)O. The first kappa shape index (κ1) is 16.4. The molecule has 2 atom stereocenters. The van der Waals surface area contributed by atoms with Crippen LogP contribution in [0.2, 0.25) is 0 Å². The molecule has 0 saturated carbocycles. The van der Waals surface area contributed by atoms with Crippen molar-refractivity contribution in [3.05, 3.63) is 0 Å². The van der Waals surface area contributed by atoms with Gasteiger partial charge in [-0.15, -0.1) is 0 Å². The largest absolute Gasteiger partial charge is 0.481 e. The van der Waals surface area contributed by atoms with E-state index in [1.165, 1.54) is 0 Å². The Balaban J connectivity index is 4.53. The van der Waals surface area contributed by atoms with Crippen molar-refractivity contribution < 1.29 is 24.6 Å². The third-order valence-corrected chi connectivity index (χ3v) is 2.66. The van der Waals surface area contributed by atoms with Gasteiger partial charge < -0.3 is 21.3 Å². The van der Waals surface area contributed by atoms with Gasteiger partial charge >= 0.3 is 11.9 Å². The number of hydrogen-bond acceptors (Lipinski definition) is 4. The van der Waals surface area contributed by atoms with E-state index >= 15 is 0 Å². The van der Waals surface area contributed by atoms with Gasteiger partial charge in [0.2, 0.25) is 5.91 Å². The molecule has 1 amide bonds. The molecule has 5 N–H and O–H groups in total. The Bertz CT molecular complexity index is 317. The van der Waals surface area contributed by atoms with Gasteiger partial charge in [0.1, 0.15) is 6.04 Å². The molecule has 0 aromatic carbocycles. The van der Waals surface area contributed by atoms with Gasteiger partial charge in [-0.25, -0.2) is 4.79 Å². The van der Waals surface area contributed by atoms with Crippen LogP contribution in [-0.2, 0) is 14.4 Å². The molecular weight excluding hydrogens is 240 g/mol. The summed E-state index contributed by atoms with van der Waals surface area (Å²) < 4.78 is 0. The van der Waals surface area contributed by atoms with Gasteiger partial charge in [-0.1, -0.05) is 13.8 Å². The summed E-state index contributed by atoms with van der Waals surface area (Å²) in [6.45, 7) is 3.74. The fraction of sp³-hybridized carbons (Fsp3) is 0.727. The third-order valence-electron chi connectivity index (χ3n) is 2.66. The van der Waals surface area contributed by atoms with E-state index in [0.717, 1.165) is 0 Å². The van der Waals surface area contributed by atoms with Crippen LogP contribution in [0, 0.1) is 11.8 Å². The zero-order chi connectivity index (χ0) is 14.3.